The van der Waals surface area contributed by atoms with Crippen LogP contribution in [0.1, 0.15) is 24.0 Å². The predicted molar refractivity (Wildman–Crippen MR) is 96.9 cm³/mol. The minimum atomic E-state index is -1.03. The van der Waals surface area contributed by atoms with E-state index >= 15 is 0 Å². The first-order valence-corrected chi connectivity index (χ1v) is 8.88. The first-order chi connectivity index (χ1) is 12.6. The Hall–Kier alpha value is -2.18. The van der Waals surface area contributed by atoms with Crippen molar-refractivity contribution in [1.29, 1.82) is 0 Å². The van der Waals surface area contributed by atoms with Crippen LogP contribution in [-0.2, 0) is 13.1 Å². The summed E-state index contributed by atoms with van der Waals surface area (Å²) < 4.78 is 27.1. The fourth-order valence-electron chi connectivity index (χ4n) is 3.31. The Labute approximate surface area is 152 Å². The van der Waals surface area contributed by atoms with Gasteiger partial charge in [0, 0.05) is 25.4 Å². The van der Waals surface area contributed by atoms with E-state index in [-0.39, 0.29) is 24.5 Å². The lowest BCUT2D eigenvalue weighted by Gasteiger charge is -2.31. The number of phenolic OH excluding ortho intramolecular Hbond substituents is 1. The summed E-state index contributed by atoms with van der Waals surface area (Å²) in [7, 11) is 0. The highest BCUT2D eigenvalue weighted by atomic mass is 19.2. The van der Waals surface area contributed by atoms with Gasteiger partial charge in [-0.3, -0.25) is 4.90 Å². The van der Waals surface area contributed by atoms with Crippen LogP contribution in [0.4, 0.5) is 14.5 Å². The molecule has 0 radical (unpaired) electrons. The summed E-state index contributed by atoms with van der Waals surface area (Å²) in [6.07, 6.45) is 2.01. The highest BCUT2D eigenvalue weighted by Gasteiger charge is 2.18. The highest BCUT2D eigenvalue weighted by Crippen LogP contribution is 2.24. The standard InChI is InChI=1S/C20H24F2N2O2/c21-18-4-5-19(26)17(20(18)22)11-23-16-3-1-2-15(10-16)12-24-8-6-14(13-25)7-9-24/h1-5,10,14,23,25-26H,6-9,11-13H2. The lowest BCUT2D eigenvalue weighted by Crippen LogP contribution is -2.34. The number of piperidine rings is 1. The minimum absolute atomic E-state index is 0.000768. The highest BCUT2D eigenvalue weighted by molar-refractivity contribution is 5.47. The van der Waals surface area contributed by atoms with E-state index in [1.54, 1.807) is 0 Å². The van der Waals surface area contributed by atoms with Gasteiger partial charge in [-0.25, -0.2) is 8.78 Å². The van der Waals surface area contributed by atoms with Crippen LogP contribution < -0.4 is 5.32 Å². The van der Waals surface area contributed by atoms with Gasteiger partial charge in [-0.15, -0.1) is 0 Å². The molecule has 0 unspecified atom stereocenters. The van der Waals surface area contributed by atoms with E-state index in [9.17, 15) is 19.0 Å². The van der Waals surface area contributed by atoms with E-state index in [1.807, 2.05) is 24.3 Å². The number of aromatic hydroxyl groups is 1. The zero-order valence-corrected chi connectivity index (χ0v) is 14.6. The first kappa shape index (κ1) is 18.6. The number of aliphatic hydroxyl groups is 1. The molecule has 0 spiro atoms. The maximum Gasteiger partial charge on any atom is 0.167 e. The van der Waals surface area contributed by atoms with Crippen molar-refractivity contribution in [3.8, 4) is 5.75 Å². The molecular formula is C20H24F2N2O2. The average Bonchev–Trinajstić information content (AvgIpc) is 2.66. The number of rotatable bonds is 6. The van der Waals surface area contributed by atoms with Gasteiger partial charge in [-0.2, -0.15) is 0 Å². The second kappa shape index (κ2) is 8.47. The third kappa shape index (κ3) is 4.51. The molecule has 3 N–H and O–H groups in total. The summed E-state index contributed by atoms with van der Waals surface area (Å²) in [6.45, 7) is 3.00. The molecule has 1 aliphatic rings. The molecule has 2 aromatic carbocycles. The molecule has 26 heavy (non-hydrogen) atoms. The smallest absolute Gasteiger partial charge is 0.167 e. The molecule has 0 atom stereocenters. The number of halogens is 2. The number of nitrogens with zero attached hydrogens (tertiary/aromatic N) is 1. The molecule has 1 aliphatic heterocycles. The summed E-state index contributed by atoms with van der Waals surface area (Å²) in [5.41, 5.74) is 1.83. The SMILES string of the molecule is OCC1CCN(Cc2cccc(NCc3c(O)ccc(F)c3F)c2)CC1. The number of anilines is 1. The molecule has 0 aromatic heterocycles. The Morgan fingerprint density at radius 2 is 1.88 bits per heavy atom. The second-order valence-corrected chi connectivity index (χ2v) is 6.82. The quantitative estimate of drug-likeness (QED) is 0.736. The van der Waals surface area contributed by atoms with Crippen molar-refractivity contribution in [3.05, 3.63) is 59.2 Å². The van der Waals surface area contributed by atoms with Gasteiger partial charge in [0.1, 0.15) is 5.75 Å². The number of aliphatic hydroxyl groups excluding tert-OH is 1. The van der Waals surface area contributed by atoms with Crippen LogP contribution >= 0.6 is 0 Å². The Kier molecular flexibility index (Phi) is 6.06. The fraction of sp³-hybridized carbons (Fsp3) is 0.400. The summed E-state index contributed by atoms with van der Waals surface area (Å²) in [4.78, 5) is 2.35. The van der Waals surface area contributed by atoms with E-state index < -0.39 is 11.6 Å². The van der Waals surface area contributed by atoms with Crippen molar-refractivity contribution in [2.75, 3.05) is 25.0 Å². The number of benzene rings is 2. The van der Waals surface area contributed by atoms with Gasteiger partial charge < -0.3 is 15.5 Å². The van der Waals surface area contributed by atoms with Crippen molar-refractivity contribution < 1.29 is 19.0 Å². The van der Waals surface area contributed by atoms with Gasteiger partial charge in [0.2, 0.25) is 0 Å². The van der Waals surface area contributed by atoms with Gasteiger partial charge in [0.25, 0.3) is 0 Å². The van der Waals surface area contributed by atoms with Gasteiger partial charge in [-0.05, 0) is 61.7 Å². The van der Waals surface area contributed by atoms with E-state index in [0.717, 1.165) is 55.9 Å². The van der Waals surface area contributed by atoms with Gasteiger partial charge in [0.05, 0.1) is 5.56 Å². The fourth-order valence-corrected chi connectivity index (χ4v) is 3.31. The van der Waals surface area contributed by atoms with Crippen LogP contribution in [0.2, 0.25) is 0 Å². The number of likely N-dealkylation sites (tertiary alicyclic amines) is 1. The Morgan fingerprint density at radius 3 is 2.62 bits per heavy atom. The molecular weight excluding hydrogens is 338 g/mol. The largest absolute Gasteiger partial charge is 0.507 e. The molecule has 1 heterocycles. The van der Waals surface area contributed by atoms with Crippen LogP contribution in [0.25, 0.3) is 0 Å². The van der Waals surface area contributed by atoms with Crippen LogP contribution in [0, 0.1) is 17.6 Å². The molecule has 140 valence electrons. The molecule has 4 nitrogen and oxygen atoms in total. The summed E-state index contributed by atoms with van der Waals surface area (Å²) >= 11 is 0. The van der Waals surface area contributed by atoms with Gasteiger partial charge >= 0.3 is 0 Å². The molecule has 3 rings (SSSR count). The van der Waals surface area contributed by atoms with Gasteiger partial charge in [0.15, 0.2) is 11.6 Å². The predicted octanol–water partition coefficient (Wildman–Crippen LogP) is 3.49. The molecule has 0 amide bonds. The van der Waals surface area contributed by atoms with E-state index in [0.29, 0.717) is 5.92 Å². The molecule has 1 saturated heterocycles. The molecule has 0 bridgehead atoms. The van der Waals surface area contributed by atoms with Crippen LogP contribution in [-0.4, -0.2) is 34.8 Å². The van der Waals surface area contributed by atoms with Crippen LogP contribution in [0.3, 0.4) is 0 Å². The Balaban J connectivity index is 1.61. The van der Waals surface area contributed by atoms with Crippen molar-refractivity contribution in [3.63, 3.8) is 0 Å². The third-order valence-electron chi connectivity index (χ3n) is 4.94. The normalized spacial score (nSPS) is 16.0. The number of hydrogen-bond acceptors (Lipinski definition) is 4. The molecule has 0 saturated carbocycles. The number of hydrogen-bond donors (Lipinski definition) is 3. The summed E-state index contributed by atoms with van der Waals surface area (Å²) in [5.74, 6) is -1.85. The molecule has 2 aromatic rings. The molecule has 0 aliphatic carbocycles. The van der Waals surface area contributed by atoms with Gasteiger partial charge in [-0.1, -0.05) is 12.1 Å². The van der Waals surface area contributed by atoms with Crippen molar-refractivity contribution >= 4 is 5.69 Å². The molecule has 1 fully saturated rings. The van der Waals surface area contributed by atoms with E-state index in [1.165, 1.54) is 0 Å². The maximum atomic E-state index is 13.8. The minimum Gasteiger partial charge on any atom is -0.507 e. The second-order valence-electron chi connectivity index (χ2n) is 6.82. The maximum absolute atomic E-state index is 13.8. The topological polar surface area (TPSA) is 55.7 Å². The van der Waals surface area contributed by atoms with Crippen LogP contribution in [0.5, 0.6) is 5.75 Å². The lowest BCUT2D eigenvalue weighted by atomic mass is 9.97. The van der Waals surface area contributed by atoms with Crippen LogP contribution in [0.15, 0.2) is 36.4 Å². The number of nitrogens with one attached hydrogen (secondary N) is 1. The van der Waals surface area contributed by atoms with Crippen molar-refractivity contribution in [2.24, 2.45) is 5.92 Å². The lowest BCUT2D eigenvalue weighted by molar-refractivity contribution is 0.127. The first-order valence-electron chi connectivity index (χ1n) is 8.88. The van der Waals surface area contributed by atoms with E-state index in [4.69, 9.17) is 0 Å². The van der Waals surface area contributed by atoms with E-state index in [2.05, 4.69) is 10.2 Å². The van der Waals surface area contributed by atoms with Crippen molar-refractivity contribution in [2.45, 2.75) is 25.9 Å². The number of phenols is 1. The van der Waals surface area contributed by atoms with Crippen molar-refractivity contribution in [1.82, 2.24) is 4.90 Å². The zero-order valence-electron chi connectivity index (χ0n) is 14.6. The molecule has 6 heteroatoms. The average molecular weight is 362 g/mol. The monoisotopic (exact) mass is 362 g/mol. The zero-order chi connectivity index (χ0) is 18.5. The Bertz CT molecular complexity index is 747. The summed E-state index contributed by atoms with van der Waals surface area (Å²) in [5, 5.41) is 22.0. The third-order valence-corrected chi connectivity index (χ3v) is 4.94. The Morgan fingerprint density at radius 1 is 1.12 bits per heavy atom. The summed E-state index contributed by atoms with van der Waals surface area (Å²) in [6, 6.07) is 9.85.